The van der Waals surface area contributed by atoms with Crippen LogP contribution in [0.3, 0.4) is 0 Å². The zero-order valence-corrected chi connectivity index (χ0v) is 27.1. The van der Waals surface area contributed by atoms with Gasteiger partial charge in [0.1, 0.15) is 16.4 Å². The first-order valence-corrected chi connectivity index (χ1v) is 14.9. The van der Waals surface area contributed by atoms with Crippen molar-refractivity contribution in [2.24, 2.45) is 0 Å². The molecule has 1 aromatic heterocycles. The Morgan fingerprint density at radius 3 is 2.38 bits per heavy atom. The number of nitrogens with zero attached hydrogens (tertiary/aromatic N) is 3. The third kappa shape index (κ3) is 7.71. The van der Waals surface area contributed by atoms with Crippen molar-refractivity contribution < 1.29 is 23.6 Å². The van der Waals surface area contributed by atoms with E-state index in [0.717, 1.165) is 10.9 Å². The van der Waals surface area contributed by atoms with Gasteiger partial charge in [-0.3, -0.25) is 19.7 Å². The number of halogens is 3. The molecule has 0 aliphatic carbocycles. The van der Waals surface area contributed by atoms with Crippen LogP contribution in [0.5, 0.6) is 0 Å². The molecule has 2 aromatic rings. The second-order valence-corrected chi connectivity index (χ2v) is 13.6. The summed E-state index contributed by atoms with van der Waals surface area (Å²) in [6.45, 7) is 10.6. The number of thiophene rings is 1. The van der Waals surface area contributed by atoms with Crippen LogP contribution < -0.4 is 16.0 Å². The maximum atomic E-state index is 14.0. The number of piperazine rings is 1. The highest BCUT2D eigenvalue weighted by Crippen LogP contribution is 2.38. The van der Waals surface area contributed by atoms with Gasteiger partial charge in [0.2, 0.25) is 11.8 Å². The number of carbonyl (C=O) groups is 4. The molecule has 1 fully saturated rings. The van der Waals surface area contributed by atoms with E-state index in [9.17, 15) is 23.6 Å². The van der Waals surface area contributed by atoms with Crippen LogP contribution in [-0.4, -0.2) is 90.8 Å². The minimum atomic E-state index is -1.25. The molecule has 0 unspecified atom stereocenters. The first-order chi connectivity index (χ1) is 19.4. The minimum Gasteiger partial charge on any atom is -0.353 e. The Kier molecular flexibility index (Phi) is 10.5. The van der Waals surface area contributed by atoms with Crippen LogP contribution in [0.15, 0.2) is 18.2 Å². The van der Waals surface area contributed by atoms with Gasteiger partial charge in [-0.05, 0) is 51.6 Å². The molecule has 1 saturated heterocycles. The SMILES string of the molecule is CN(C)CCNC(=O)CN1CCN(C(=O)c2cc(C(C)(C)C)sc2NC(=O)Nc2ccc(F)c(Cl)c2Cl)C(C)(C)C1=O. The number of hydrogen-bond donors (Lipinski definition) is 3. The molecule has 0 atom stereocenters. The summed E-state index contributed by atoms with van der Waals surface area (Å²) in [6, 6.07) is 3.36. The summed E-state index contributed by atoms with van der Waals surface area (Å²) in [4.78, 5) is 58.5. The Balaban J connectivity index is 1.81. The second-order valence-electron chi connectivity index (χ2n) is 11.8. The van der Waals surface area contributed by atoms with Gasteiger partial charge < -0.3 is 25.3 Å². The normalized spacial score (nSPS) is 15.2. The van der Waals surface area contributed by atoms with Gasteiger partial charge in [0.25, 0.3) is 5.91 Å². The lowest BCUT2D eigenvalue weighted by atomic mass is 9.93. The van der Waals surface area contributed by atoms with Crippen LogP contribution in [0.2, 0.25) is 10.0 Å². The van der Waals surface area contributed by atoms with E-state index in [1.807, 2.05) is 39.8 Å². The molecule has 0 bridgehead atoms. The topological polar surface area (TPSA) is 114 Å². The van der Waals surface area contributed by atoms with Crippen LogP contribution in [-0.2, 0) is 15.0 Å². The van der Waals surface area contributed by atoms with E-state index in [1.165, 1.54) is 27.2 Å². The third-order valence-corrected chi connectivity index (χ3v) is 9.09. The molecule has 230 valence electrons. The van der Waals surface area contributed by atoms with Crippen molar-refractivity contribution in [3.63, 3.8) is 0 Å². The number of carbonyl (C=O) groups excluding carboxylic acids is 4. The lowest BCUT2D eigenvalue weighted by Crippen LogP contribution is -2.65. The highest BCUT2D eigenvalue weighted by atomic mass is 35.5. The summed E-state index contributed by atoms with van der Waals surface area (Å²) < 4.78 is 13.7. The first-order valence-electron chi connectivity index (χ1n) is 13.3. The van der Waals surface area contributed by atoms with E-state index in [2.05, 4.69) is 16.0 Å². The highest BCUT2D eigenvalue weighted by Gasteiger charge is 2.45. The fourth-order valence-corrected chi connectivity index (χ4v) is 5.76. The minimum absolute atomic E-state index is 0.0923. The standard InChI is InChI=1S/C28H37Cl2FN6O4S/c1-27(2,3)19-14-16(23(42-19)34-26(41)33-18-9-8-17(31)21(29)22(18)30)24(39)37-13-12-36(25(40)28(37,4)5)15-20(38)32-10-11-35(6)7/h8-9,14H,10-13,15H2,1-7H3,(H,32,38)(H2,33,34,41). The van der Waals surface area contributed by atoms with Gasteiger partial charge in [-0.1, -0.05) is 44.0 Å². The fourth-order valence-electron chi connectivity index (χ4n) is 4.30. The number of hydrogen-bond acceptors (Lipinski definition) is 6. The average Bonchev–Trinajstić information content (AvgIpc) is 3.31. The van der Waals surface area contributed by atoms with Gasteiger partial charge in [-0.25, -0.2) is 9.18 Å². The smallest absolute Gasteiger partial charge is 0.324 e. The Morgan fingerprint density at radius 2 is 1.76 bits per heavy atom. The molecule has 1 aromatic carbocycles. The van der Waals surface area contributed by atoms with E-state index in [1.54, 1.807) is 19.9 Å². The van der Waals surface area contributed by atoms with Crippen molar-refractivity contribution in [2.75, 3.05) is 57.5 Å². The molecule has 1 aliphatic heterocycles. The molecule has 0 radical (unpaired) electrons. The molecule has 14 heteroatoms. The maximum absolute atomic E-state index is 14.0. The quantitative estimate of drug-likeness (QED) is 0.355. The number of benzene rings is 1. The van der Waals surface area contributed by atoms with Gasteiger partial charge in [0.15, 0.2) is 0 Å². The maximum Gasteiger partial charge on any atom is 0.324 e. The summed E-state index contributed by atoms with van der Waals surface area (Å²) in [6.07, 6.45) is 0. The number of nitrogens with one attached hydrogen (secondary N) is 3. The molecule has 0 saturated carbocycles. The zero-order chi connectivity index (χ0) is 31.6. The van der Waals surface area contributed by atoms with Crippen molar-refractivity contribution in [2.45, 2.75) is 45.6 Å². The molecule has 0 spiro atoms. The van der Waals surface area contributed by atoms with E-state index in [4.69, 9.17) is 23.2 Å². The predicted octanol–water partition coefficient (Wildman–Crippen LogP) is 4.88. The molecule has 5 amide bonds. The van der Waals surface area contributed by atoms with E-state index in [0.29, 0.717) is 13.1 Å². The van der Waals surface area contributed by atoms with Crippen LogP contribution >= 0.6 is 34.5 Å². The summed E-state index contributed by atoms with van der Waals surface area (Å²) in [7, 11) is 3.80. The Morgan fingerprint density at radius 1 is 1.10 bits per heavy atom. The molecule has 42 heavy (non-hydrogen) atoms. The monoisotopic (exact) mass is 642 g/mol. The van der Waals surface area contributed by atoms with Gasteiger partial charge in [0.05, 0.1) is 27.8 Å². The molecular formula is C28H37Cl2FN6O4S. The Hall–Kier alpha value is -2.93. The number of amides is 5. The highest BCUT2D eigenvalue weighted by molar-refractivity contribution is 7.16. The zero-order valence-electron chi connectivity index (χ0n) is 24.8. The van der Waals surface area contributed by atoms with E-state index >= 15 is 0 Å². The lowest BCUT2D eigenvalue weighted by molar-refractivity contribution is -0.149. The molecule has 1 aliphatic rings. The largest absolute Gasteiger partial charge is 0.353 e. The second kappa shape index (κ2) is 13.2. The summed E-state index contributed by atoms with van der Waals surface area (Å²) in [5.74, 6) is -1.79. The molecule has 10 nitrogen and oxygen atoms in total. The Bertz CT molecular complexity index is 1370. The van der Waals surface area contributed by atoms with Crippen molar-refractivity contribution in [3.8, 4) is 0 Å². The third-order valence-electron chi connectivity index (χ3n) is 6.75. The summed E-state index contributed by atoms with van der Waals surface area (Å²) in [5.41, 5.74) is -1.27. The van der Waals surface area contributed by atoms with Gasteiger partial charge in [-0.2, -0.15) is 0 Å². The van der Waals surface area contributed by atoms with Crippen molar-refractivity contribution in [1.29, 1.82) is 0 Å². The van der Waals surface area contributed by atoms with Crippen LogP contribution in [0, 0.1) is 5.82 Å². The molecule has 3 N–H and O–H groups in total. The summed E-state index contributed by atoms with van der Waals surface area (Å²) >= 11 is 13.2. The lowest BCUT2D eigenvalue weighted by Gasteiger charge is -2.45. The van der Waals surface area contributed by atoms with E-state index in [-0.39, 0.29) is 63.2 Å². The van der Waals surface area contributed by atoms with Crippen LogP contribution in [0.25, 0.3) is 0 Å². The molecule has 2 heterocycles. The molecular weight excluding hydrogens is 606 g/mol. The number of urea groups is 1. The molecule has 3 rings (SSSR count). The number of likely N-dealkylation sites (N-methyl/N-ethyl adjacent to an activating group) is 1. The predicted molar refractivity (Wildman–Crippen MR) is 165 cm³/mol. The van der Waals surface area contributed by atoms with Crippen molar-refractivity contribution in [3.05, 3.63) is 44.5 Å². The number of rotatable bonds is 8. The summed E-state index contributed by atoms with van der Waals surface area (Å²) in [5, 5.41) is 7.84. The number of anilines is 2. The van der Waals surface area contributed by atoms with Gasteiger partial charge in [0, 0.05) is 31.1 Å². The van der Waals surface area contributed by atoms with Crippen molar-refractivity contribution >= 4 is 69.0 Å². The fraction of sp³-hybridized carbons (Fsp3) is 0.500. The first kappa shape index (κ1) is 33.6. The van der Waals surface area contributed by atoms with Crippen molar-refractivity contribution in [1.82, 2.24) is 20.0 Å². The Labute approximate surface area is 259 Å². The van der Waals surface area contributed by atoms with Gasteiger partial charge in [-0.15, -0.1) is 11.3 Å². The van der Waals surface area contributed by atoms with Gasteiger partial charge >= 0.3 is 6.03 Å². The average molecular weight is 644 g/mol. The van der Waals surface area contributed by atoms with Crippen LogP contribution in [0.1, 0.15) is 49.9 Å². The van der Waals surface area contributed by atoms with Crippen LogP contribution in [0.4, 0.5) is 19.9 Å². The van der Waals surface area contributed by atoms with E-state index < -0.39 is 23.3 Å².